The van der Waals surface area contributed by atoms with Gasteiger partial charge in [-0.25, -0.2) is 4.99 Å². The highest BCUT2D eigenvalue weighted by molar-refractivity contribution is 7.98. The molecule has 0 bridgehead atoms. The molecular weight excluding hydrogens is 358 g/mol. The first-order chi connectivity index (χ1) is 12.9. The van der Waals surface area contributed by atoms with Crippen LogP contribution >= 0.6 is 11.8 Å². The number of nitrogens with one attached hydrogen (secondary N) is 2. The van der Waals surface area contributed by atoms with Crippen molar-refractivity contribution in [2.75, 3.05) is 52.8 Å². The van der Waals surface area contributed by atoms with Crippen molar-refractivity contribution in [3.05, 3.63) is 35.9 Å². The van der Waals surface area contributed by atoms with Gasteiger partial charge in [0.15, 0.2) is 5.96 Å². The summed E-state index contributed by atoms with van der Waals surface area (Å²) < 4.78 is 0. The summed E-state index contributed by atoms with van der Waals surface area (Å²) in [6, 6.07) is 10.9. The monoisotopic (exact) mass is 393 g/mol. The molecule has 1 amide bonds. The van der Waals surface area contributed by atoms with Crippen LogP contribution in [0.1, 0.15) is 18.9 Å². The number of nitrogens with zero attached hydrogens (tertiary/aromatic N) is 3. The predicted octanol–water partition coefficient (Wildman–Crippen LogP) is 1.88. The van der Waals surface area contributed by atoms with E-state index in [4.69, 9.17) is 0 Å². The van der Waals surface area contributed by atoms with Crippen LogP contribution in [0.15, 0.2) is 35.3 Å². The van der Waals surface area contributed by atoms with Gasteiger partial charge in [0.05, 0.1) is 0 Å². The molecule has 0 spiro atoms. The van der Waals surface area contributed by atoms with E-state index < -0.39 is 0 Å². The van der Waals surface area contributed by atoms with Gasteiger partial charge in [-0.05, 0) is 32.2 Å². The standard InChI is InChI=1S/C20H35N5OS/c1-17(25(4)16-18-9-7-6-8-10-18)11-12-21-20(22-13-14-27-5)23-15-19(26)24(2)3/h6-10,17H,11-16H2,1-5H3,(H2,21,22,23). The topological polar surface area (TPSA) is 60.0 Å². The summed E-state index contributed by atoms with van der Waals surface area (Å²) in [4.78, 5) is 20.1. The summed E-state index contributed by atoms with van der Waals surface area (Å²) in [5, 5.41) is 6.65. The Morgan fingerprint density at radius 2 is 1.81 bits per heavy atom. The number of carbonyl (C=O) groups excluding carboxylic acids is 1. The van der Waals surface area contributed by atoms with Crippen molar-refractivity contribution >= 4 is 23.6 Å². The van der Waals surface area contributed by atoms with E-state index in [0.29, 0.717) is 12.0 Å². The Hall–Kier alpha value is -1.73. The number of likely N-dealkylation sites (N-methyl/N-ethyl adjacent to an activating group) is 1. The average Bonchev–Trinajstić information content (AvgIpc) is 2.66. The van der Waals surface area contributed by atoms with Crippen LogP contribution in [0.3, 0.4) is 0 Å². The van der Waals surface area contributed by atoms with Crippen LogP contribution in [0.4, 0.5) is 0 Å². The van der Waals surface area contributed by atoms with Crippen molar-refractivity contribution < 1.29 is 4.79 Å². The molecule has 27 heavy (non-hydrogen) atoms. The lowest BCUT2D eigenvalue weighted by Gasteiger charge is -2.25. The van der Waals surface area contributed by atoms with Crippen LogP contribution in [-0.2, 0) is 11.3 Å². The molecule has 1 atom stereocenters. The smallest absolute Gasteiger partial charge is 0.243 e. The minimum absolute atomic E-state index is 0.00284. The first kappa shape index (κ1) is 23.3. The normalized spacial score (nSPS) is 12.7. The molecule has 0 aromatic heterocycles. The lowest BCUT2D eigenvalue weighted by atomic mass is 10.1. The number of hydrogen-bond donors (Lipinski definition) is 2. The zero-order chi connectivity index (χ0) is 20.1. The zero-order valence-electron chi connectivity index (χ0n) is 17.4. The SMILES string of the molecule is CSCCNC(=NCC(=O)N(C)C)NCCC(C)N(C)Cc1ccccc1. The second kappa shape index (κ2) is 13.4. The number of amides is 1. The second-order valence-corrected chi connectivity index (χ2v) is 7.82. The van der Waals surface area contributed by atoms with Crippen LogP contribution < -0.4 is 10.6 Å². The minimum atomic E-state index is -0.00284. The Kier molecular flexibility index (Phi) is 11.6. The van der Waals surface area contributed by atoms with Crippen LogP contribution in [-0.4, -0.2) is 80.5 Å². The van der Waals surface area contributed by atoms with Crippen molar-refractivity contribution in [3.63, 3.8) is 0 Å². The van der Waals surface area contributed by atoms with Crippen LogP contribution in [0, 0.1) is 0 Å². The summed E-state index contributed by atoms with van der Waals surface area (Å²) in [5.41, 5.74) is 1.32. The molecule has 6 nitrogen and oxygen atoms in total. The highest BCUT2D eigenvalue weighted by Gasteiger charge is 2.10. The summed E-state index contributed by atoms with van der Waals surface area (Å²) in [6.07, 6.45) is 3.07. The van der Waals surface area contributed by atoms with Crippen molar-refractivity contribution in [3.8, 4) is 0 Å². The fraction of sp³-hybridized carbons (Fsp3) is 0.600. The molecule has 1 rings (SSSR count). The minimum Gasteiger partial charge on any atom is -0.356 e. The molecule has 0 aliphatic rings. The van der Waals surface area contributed by atoms with E-state index in [1.807, 2.05) is 6.07 Å². The third-order valence-electron chi connectivity index (χ3n) is 4.35. The van der Waals surface area contributed by atoms with Gasteiger partial charge in [0.2, 0.25) is 5.91 Å². The molecule has 0 aliphatic carbocycles. The third-order valence-corrected chi connectivity index (χ3v) is 4.96. The lowest BCUT2D eigenvalue weighted by Crippen LogP contribution is -2.41. The molecule has 7 heteroatoms. The molecule has 0 aliphatic heterocycles. The zero-order valence-corrected chi connectivity index (χ0v) is 18.2. The molecule has 0 radical (unpaired) electrons. The number of benzene rings is 1. The predicted molar refractivity (Wildman–Crippen MR) is 117 cm³/mol. The Morgan fingerprint density at radius 3 is 2.44 bits per heavy atom. The van der Waals surface area contributed by atoms with Crippen molar-refractivity contribution in [1.82, 2.24) is 20.4 Å². The van der Waals surface area contributed by atoms with E-state index in [-0.39, 0.29) is 12.5 Å². The van der Waals surface area contributed by atoms with E-state index in [9.17, 15) is 4.79 Å². The molecule has 0 fully saturated rings. The van der Waals surface area contributed by atoms with Crippen molar-refractivity contribution in [2.45, 2.75) is 25.9 Å². The summed E-state index contributed by atoms with van der Waals surface area (Å²) >= 11 is 1.78. The molecule has 1 aromatic rings. The van der Waals surface area contributed by atoms with Crippen LogP contribution in [0.25, 0.3) is 0 Å². The average molecular weight is 394 g/mol. The number of hydrogen-bond acceptors (Lipinski definition) is 4. The second-order valence-electron chi connectivity index (χ2n) is 6.84. The number of thioether (sulfide) groups is 1. The van der Waals surface area contributed by atoms with Gasteiger partial charge in [-0.1, -0.05) is 30.3 Å². The maximum absolute atomic E-state index is 11.8. The first-order valence-electron chi connectivity index (χ1n) is 9.39. The number of guanidine groups is 1. The van der Waals surface area contributed by atoms with E-state index >= 15 is 0 Å². The number of aliphatic imine (C=N–C) groups is 1. The van der Waals surface area contributed by atoms with Crippen molar-refractivity contribution in [1.29, 1.82) is 0 Å². The Labute approximate surface area is 168 Å². The number of carbonyl (C=O) groups is 1. The Balaban J connectivity index is 2.45. The summed E-state index contributed by atoms with van der Waals surface area (Å²) in [7, 11) is 5.64. The molecular formula is C20H35N5OS. The van der Waals surface area contributed by atoms with Gasteiger partial charge < -0.3 is 15.5 Å². The van der Waals surface area contributed by atoms with Crippen LogP contribution in [0.2, 0.25) is 0 Å². The van der Waals surface area contributed by atoms with E-state index in [1.54, 1.807) is 30.8 Å². The van der Waals surface area contributed by atoms with Gasteiger partial charge in [-0.3, -0.25) is 9.69 Å². The molecule has 2 N–H and O–H groups in total. The molecule has 1 unspecified atom stereocenters. The fourth-order valence-electron chi connectivity index (χ4n) is 2.38. The largest absolute Gasteiger partial charge is 0.356 e. The molecule has 1 aromatic carbocycles. The van der Waals surface area contributed by atoms with E-state index in [2.05, 4.69) is 65.0 Å². The van der Waals surface area contributed by atoms with Gasteiger partial charge in [-0.15, -0.1) is 0 Å². The molecule has 0 heterocycles. The fourth-order valence-corrected chi connectivity index (χ4v) is 2.69. The van der Waals surface area contributed by atoms with Gasteiger partial charge in [0.25, 0.3) is 0 Å². The molecule has 0 saturated carbocycles. The third kappa shape index (κ3) is 10.2. The van der Waals surface area contributed by atoms with Crippen molar-refractivity contribution in [2.24, 2.45) is 4.99 Å². The highest BCUT2D eigenvalue weighted by Crippen LogP contribution is 2.07. The van der Waals surface area contributed by atoms with Gasteiger partial charge >= 0.3 is 0 Å². The van der Waals surface area contributed by atoms with Gasteiger partial charge in [0.1, 0.15) is 6.54 Å². The Morgan fingerprint density at radius 1 is 1.15 bits per heavy atom. The maximum Gasteiger partial charge on any atom is 0.243 e. The summed E-state index contributed by atoms with van der Waals surface area (Å²) in [5.74, 6) is 1.70. The van der Waals surface area contributed by atoms with E-state index in [1.165, 1.54) is 5.56 Å². The Bertz CT molecular complexity index is 565. The van der Waals surface area contributed by atoms with Gasteiger partial charge in [0, 0.05) is 45.5 Å². The van der Waals surface area contributed by atoms with E-state index in [0.717, 1.165) is 31.8 Å². The highest BCUT2D eigenvalue weighted by atomic mass is 32.2. The number of rotatable bonds is 11. The molecule has 152 valence electrons. The maximum atomic E-state index is 11.8. The lowest BCUT2D eigenvalue weighted by molar-refractivity contribution is -0.127. The molecule has 0 saturated heterocycles. The quantitative estimate of drug-likeness (QED) is 0.342. The first-order valence-corrected chi connectivity index (χ1v) is 10.8. The van der Waals surface area contributed by atoms with Crippen LogP contribution in [0.5, 0.6) is 0 Å². The summed E-state index contributed by atoms with van der Waals surface area (Å²) in [6.45, 7) is 4.96. The van der Waals surface area contributed by atoms with Gasteiger partial charge in [-0.2, -0.15) is 11.8 Å².